The average molecular weight is 113 g/mol. The molecule has 0 atom stereocenters. The number of thioether (sulfide) groups is 1. The van der Waals surface area contributed by atoms with E-state index < -0.39 is 0 Å². The van der Waals surface area contributed by atoms with Crippen molar-refractivity contribution in [3.8, 4) is 0 Å². The molecule has 38 valence electrons. The van der Waals surface area contributed by atoms with Crippen LogP contribution >= 0.6 is 11.8 Å². The monoisotopic (exact) mass is 113 g/mol. The molecule has 1 rings (SSSR count). The van der Waals surface area contributed by atoms with Crippen LogP contribution in [0.1, 0.15) is 6.92 Å². The van der Waals surface area contributed by atoms with Crippen molar-refractivity contribution in [3.05, 3.63) is 11.1 Å². The van der Waals surface area contributed by atoms with E-state index in [1.807, 2.05) is 24.2 Å². The van der Waals surface area contributed by atoms with Crippen molar-refractivity contribution in [2.75, 3.05) is 5.75 Å². The minimum Gasteiger partial charge on any atom is -0.267 e. The van der Waals surface area contributed by atoms with Gasteiger partial charge in [0.25, 0.3) is 0 Å². The Bertz CT molecular complexity index is 115. The SMILES string of the molecule is CC1=CN=CCS1. The van der Waals surface area contributed by atoms with Crippen LogP contribution in [0.25, 0.3) is 0 Å². The third-order valence-electron chi connectivity index (χ3n) is 0.747. The number of rotatable bonds is 0. The van der Waals surface area contributed by atoms with Gasteiger partial charge in [-0.1, -0.05) is 0 Å². The summed E-state index contributed by atoms with van der Waals surface area (Å²) in [6.45, 7) is 2.07. The fourth-order valence-corrected chi connectivity index (χ4v) is 0.966. The number of aliphatic imine (C=N–C) groups is 1. The first-order valence-electron chi connectivity index (χ1n) is 2.21. The topological polar surface area (TPSA) is 12.4 Å². The van der Waals surface area contributed by atoms with E-state index in [1.54, 1.807) is 0 Å². The largest absolute Gasteiger partial charge is 0.267 e. The predicted molar refractivity (Wildman–Crippen MR) is 34.7 cm³/mol. The Labute approximate surface area is 47.5 Å². The number of allylic oxidation sites excluding steroid dienone is 1. The summed E-state index contributed by atoms with van der Waals surface area (Å²) in [6.07, 6.45) is 3.80. The van der Waals surface area contributed by atoms with Crippen LogP contribution in [-0.4, -0.2) is 12.0 Å². The van der Waals surface area contributed by atoms with Crippen molar-refractivity contribution in [1.82, 2.24) is 0 Å². The molecule has 0 unspecified atom stereocenters. The Balaban J connectivity index is 2.57. The predicted octanol–water partition coefficient (Wildman–Crippen LogP) is 1.67. The minimum atomic E-state index is 1.04. The zero-order valence-electron chi connectivity index (χ0n) is 4.22. The minimum absolute atomic E-state index is 1.04. The normalized spacial score (nSPS) is 19.3. The maximum atomic E-state index is 3.95. The molecule has 1 heterocycles. The van der Waals surface area contributed by atoms with Gasteiger partial charge < -0.3 is 0 Å². The lowest BCUT2D eigenvalue weighted by molar-refractivity contribution is 1.49. The van der Waals surface area contributed by atoms with Gasteiger partial charge in [0.15, 0.2) is 0 Å². The van der Waals surface area contributed by atoms with E-state index in [-0.39, 0.29) is 0 Å². The van der Waals surface area contributed by atoms with Gasteiger partial charge in [-0.3, -0.25) is 4.99 Å². The highest BCUT2D eigenvalue weighted by Crippen LogP contribution is 2.15. The second-order valence-electron chi connectivity index (χ2n) is 1.38. The smallest absolute Gasteiger partial charge is 0.0356 e. The fourth-order valence-electron chi connectivity index (χ4n) is 0.407. The van der Waals surface area contributed by atoms with Crippen LogP contribution in [0.3, 0.4) is 0 Å². The summed E-state index contributed by atoms with van der Waals surface area (Å²) < 4.78 is 0. The lowest BCUT2D eigenvalue weighted by Crippen LogP contribution is -1.83. The molecule has 0 radical (unpaired) electrons. The number of hydrogen-bond acceptors (Lipinski definition) is 2. The molecule has 0 spiro atoms. The summed E-state index contributed by atoms with van der Waals surface area (Å²) in [5.41, 5.74) is 0. The molecular formula is C5H7NS. The van der Waals surface area contributed by atoms with Gasteiger partial charge in [-0.25, -0.2) is 0 Å². The summed E-state index contributed by atoms with van der Waals surface area (Å²) in [5.74, 6) is 1.04. The van der Waals surface area contributed by atoms with Gasteiger partial charge >= 0.3 is 0 Å². The van der Waals surface area contributed by atoms with Crippen molar-refractivity contribution in [3.63, 3.8) is 0 Å². The van der Waals surface area contributed by atoms with Crippen molar-refractivity contribution in [2.45, 2.75) is 6.92 Å². The molecular weight excluding hydrogens is 106 g/mol. The van der Waals surface area contributed by atoms with Crippen LogP contribution in [0.5, 0.6) is 0 Å². The summed E-state index contributed by atoms with van der Waals surface area (Å²) in [5, 5.41) is 0. The molecule has 0 amide bonds. The van der Waals surface area contributed by atoms with Gasteiger partial charge in [-0.15, -0.1) is 11.8 Å². The lowest BCUT2D eigenvalue weighted by Gasteiger charge is -1.97. The third-order valence-corrected chi connectivity index (χ3v) is 1.62. The van der Waals surface area contributed by atoms with E-state index >= 15 is 0 Å². The second kappa shape index (κ2) is 2.17. The Morgan fingerprint density at radius 3 is 3.00 bits per heavy atom. The lowest BCUT2D eigenvalue weighted by atomic mass is 10.7. The molecule has 1 aliphatic heterocycles. The van der Waals surface area contributed by atoms with Crippen molar-refractivity contribution in [2.24, 2.45) is 4.99 Å². The van der Waals surface area contributed by atoms with E-state index in [9.17, 15) is 0 Å². The maximum absolute atomic E-state index is 3.95. The Morgan fingerprint density at radius 1 is 1.86 bits per heavy atom. The van der Waals surface area contributed by atoms with Crippen LogP contribution in [0.2, 0.25) is 0 Å². The molecule has 0 saturated carbocycles. The molecule has 7 heavy (non-hydrogen) atoms. The van der Waals surface area contributed by atoms with Crippen LogP contribution in [-0.2, 0) is 0 Å². The van der Waals surface area contributed by atoms with Crippen molar-refractivity contribution >= 4 is 18.0 Å². The van der Waals surface area contributed by atoms with Crippen molar-refractivity contribution in [1.29, 1.82) is 0 Å². The fraction of sp³-hybridized carbons (Fsp3) is 0.400. The first-order valence-corrected chi connectivity index (χ1v) is 3.19. The maximum Gasteiger partial charge on any atom is 0.0356 e. The molecule has 0 saturated heterocycles. The van der Waals surface area contributed by atoms with E-state index in [1.165, 1.54) is 4.91 Å². The van der Waals surface area contributed by atoms with Gasteiger partial charge in [0.05, 0.1) is 0 Å². The molecule has 0 N–H and O–H groups in total. The average Bonchev–Trinajstić information content (AvgIpc) is 1.69. The van der Waals surface area contributed by atoms with E-state index in [0.29, 0.717) is 0 Å². The van der Waals surface area contributed by atoms with Crippen LogP contribution < -0.4 is 0 Å². The molecule has 1 aliphatic rings. The summed E-state index contributed by atoms with van der Waals surface area (Å²) in [4.78, 5) is 5.26. The second-order valence-corrected chi connectivity index (χ2v) is 2.65. The van der Waals surface area contributed by atoms with Crippen LogP contribution in [0.4, 0.5) is 0 Å². The Morgan fingerprint density at radius 2 is 2.71 bits per heavy atom. The molecule has 0 aromatic rings. The summed E-state index contributed by atoms with van der Waals surface area (Å²) in [6, 6.07) is 0. The molecule has 0 aromatic carbocycles. The highest BCUT2D eigenvalue weighted by Gasteiger charge is 1.90. The van der Waals surface area contributed by atoms with Gasteiger partial charge in [-0.2, -0.15) is 0 Å². The Hall–Kier alpha value is -0.240. The number of nitrogens with zero attached hydrogens (tertiary/aromatic N) is 1. The van der Waals surface area contributed by atoms with Gasteiger partial charge in [0.2, 0.25) is 0 Å². The molecule has 0 aromatic heterocycles. The van der Waals surface area contributed by atoms with Gasteiger partial charge in [0.1, 0.15) is 0 Å². The molecule has 0 fully saturated rings. The highest BCUT2D eigenvalue weighted by atomic mass is 32.2. The van der Waals surface area contributed by atoms with Crippen LogP contribution in [0.15, 0.2) is 16.1 Å². The summed E-state index contributed by atoms with van der Waals surface area (Å²) >= 11 is 1.83. The van der Waals surface area contributed by atoms with E-state index in [4.69, 9.17) is 0 Å². The first-order chi connectivity index (χ1) is 3.39. The molecule has 0 bridgehead atoms. The first kappa shape index (κ1) is 4.91. The molecule has 0 aliphatic carbocycles. The van der Waals surface area contributed by atoms with E-state index in [0.717, 1.165) is 5.75 Å². The third kappa shape index (κ3) is 1.35. The van der Waals surface area contributed by atoms with Crippen molar-refractivity contribution < 1.29 is 0 Å². The quantitative estimate of drug-likeness (QED) is 0.465. The molecule has 2 heteroatoms. The zero-order chi connectivity index (χ0) is 5.11. The zero-order valence-corrected chi connectivity index (χ0v) is 5.03. The highest BCUT2D eigenvalue weighted by molar-refractivity contribution is 8.03. The molecule has 1 nitrogen and oxygen atoms in total. The van der Waals surface area contributed by atoms with Crippen LogP contribution in [0, 0.1) is 0 Å². The van der Waals surface area contributed by atoms with Gasteiger partial charge in [-0.05, 0) is 6.92 Å². The van der Waals surface area contributed by atoms with E-state index in [2.05, 4.69) is 11.9 Å². The van der Waals surface area contributed by atoms with Gasteiger partial charge in [0, 0.05) is 23.1 Å². The Kier molecular flexibility index (Phi) is 1.52. The number of hydrogen-bond donors (Lipinski definition) is 0. The summed E-state index contributed by atoms with van der Waals surface area (Å²) in [7, 11) is 0. The standard InChI is InChI=1S/C5H7NS/c1-5-4-6-2-3-7-5/h2,4H,3H2,1H3.